The van der Waals surface area contributed by atoms with Gasteiger partial charge in [0.25, 0.3) is 0 Å². The summed E-state index contributed by atoms with van der Waals surface area (Å²) in [7, 11) is 0. The van der Waals surface area contributed by atoms with Crippen LogP contribution >= 0.6 is 0 Å². The fraction of sp³-hybridized carbons (Fsp3) is 0.476. The molecule has 5 heteroatoms. The minimum atomic E-state index is 0.697. The first kappa shape index (κ1) is 17.2. The minimum Gasteiger partial charge on any atom is -0.364 e. The normalized spacial score (nSPS) is 20.4. The van der Waals surface area contributed by atoms with Crippen LogP contribution in [0.1, 0.15) is 36.2 Å². The van der Waals surface area contributed by atoms with Gasteiger partial charge >= 0.3 is 0 Å². The number of rotatable bonds is 5. The maximum atomic E-state index is 4.57. The van der Waals surface area contributed by atoms with E-state index in [1.165, 1.54) is 37.1 Å². The van der Waals surface area contributed by atoms with Crippen LogP contribution in [0.3, 0.4) is 0 Å². The van der Waals surface area contributed by atoms with Crippen LogP contribution in [-0.2, 0) is 19.4 Å². The standard InChI is InChI=1S/C21H27N5/c1-2-6-17(7-3-1)15-26-12-9-19-20(10-13-26)24-16-25-21(19)23-14-18-8-4-5-11-22-18/h1-2,4-5,8,11,16-17H,3,6-7,9-10,12-15H2,(H,23,24,25)/t17-/m0/s1. The Morgan fingerprint density at radius 1 is 1.08 bits per heavy atom. The predicted octanol–water partition coefficient (Wildman–Crippen LogP) is 3.24. The minimum absolute atomic E-state index is 0.697. The van der Waals surface area contributed by atoms with Crippen LogP contribution in [0.2, 0.25) is 0 Å². The van der Waals surface area contributed by atoms with Gasteiger partial charge < -0.3 is 10.2 Å². The SMILES string of the molecule is C1=CC[C@H](CN2CCc3ncnc(NCc4ccccn4)c3CC2)CC1. The van der Waals surface area contributed by atoms with Crippen molar-refractivity contribution in [1.82, 2.24) is 19.9 Å². The van der Waals surface area contributed by atoms with Gasteiger partial charge in [0.2, 0.25) is 0 Å². The molecule has 0 saturated heterocycles. The van der Waals surface area contributed by atoms with Crippen LogP contribution < -0.4 is 5.32 Å². The molecule has 1 aliphatic carbocycles. The molecular weight excluding hydrogens is 322 g/mol. The van der Waals surface area contributed by atoms with Gasteiger partial charge in [-0.1, -0.05) is 18.2 Å². The molecule has 0 aromatic carbocycles. The zero-order chi connectivity index (χ0) is 17.6. The van der Waals surface area contributed by atoms with E-state index in [-0.39, 0.29) is 0 Å². The second-order valence-electron chi connectivity index (χ2n) is 7.27. The van der Waals surface area contributed by atoms with Crippen molar-refractivity contribution in [2.24, 2.45) is 5.92 Å². The Labute approximate surface area is 155 Å². The lowest BCUT2D eigenvalue weighted by Crippen LogP contribution is -2.32. The largest absolute Gasteiger partial charge is 0.364 e. The van der Waals surface area contributed by atoms with E-state index in [0.29, 0.717) is 6.54 Å². The molecule has 0 saturated carbocycles. The molecule has 0 radical (unpaired) electrons. The van der Waals surface area contributed by atoms with Gasteiger partial charge in [-0.25, -0.2) is 9.97 Å². The van der Waals surface area contributed by atoms with Gasteiger partial charge in [-0.05, 0) is 43.7 Å². The third kappa shape index (κ3) is 4.28. The number of hydrogen-bond donors (Lipinski definition) is 1. The van der Waals surface area contributed by atoms with Crippen molar-refractivity contribution in [3.8, 4) is 0 Å². The van der Waals surface area contributed by atoms with Crippen molar-refractivity contribution in [2.45, 2.75) is 38.6 Å². The van der Waals surface area contributed by atoms with E-state index in [1.54, 1.807) is 6.33 Å². The molecular formula is C21H27N5. The molecule has 4 rings (SSSR count). The highest BCUT2D eigenvalue weighted by molar-refractivity contribution is 5.47. The van der Waals surface area contributed by atoms with Crippen LogP contribution in [-0.4, -0.2) is 39.5 Å². The Balaban J connectivity index is 1.40. The third-order valence-electron chi connectivity index (χ3n) is 5.43. The molecule has 3 heterocycles. The fourth-order valence-corrected chi connectivity index (χ4v) is 3.97. The van der Waals surface area contributed by atoms with Gasteiger partial charge in [0.05, 0.1) is 17.9 Å². The van der Waals surface area contributed by atoms with Gasteiger partial charge in [0.1, 0.15) is 12.1 Å². The van der Waals surface area contributed by atoms with Crippen LogP contribution in [0.15, 0.2) is 42.9 Å². The predicted molar refractivity (Wildman–Crippen MR) is 104 cm³/mol. The highest BCUT2D eigenvalue weighted by Crippen LogP contribution is 2.24. The summed E-state index contributed by atoms with van der Waals surface area (Å²) in [6.07, 6.45) is 14.0. The molecule has 0 amide bonds. The summed E-state index contributed by atoms with van der Waals surface area (Å²) in [6, 6.07) is 5.99. The van der Waals surface area contributed by atoms with Crippen molar-refractivity contribution in [2.75, 3.05) is 25.0 Å². The topological polar surface area (TPSA) is 53.9 Å². The van der Waals surface area contributed by atoms with Gasteiger partial charge in [0, 0.05) is 37.8 Å². The summed E-state index contributed by atoms with van der Waals surface area (Å²) in [4.78, 5) is 16.1. The summed E-state index contributed by atoms with van der Waals surface area (Å²) in [6.45, 7) is 4.10. The monoisotopic (exact) mass is 349 g/mol. The maximum absolute atomic E-state index is 4.57. The lowest BCUT2D eigenvalue weighted by atomic mass is 9.94. The summed E-state index contributed by atoms with van der Waals surface area (Å²) < 4.78 is 0. The van der Waals surface area contributed by atoms with Crippen molar-refractivity contribution >= 4 is 5.82 Å². The van der Waals surface area contributed by atoms with Crippen LogP contribution in [0.4, 0.5) is 5.82 Å². The quantitative estimate of drug-likeness (QED) is 0.840. The highest BCUT2D eigenvalue weighted by Gasteiger charge is 2.21. The van der Waals surface area contributed by atoms with E-state index in [0.717, 1.165) is 43.4 Å². The average molecular weight is 349 g/mol. The Morgan fingerprint density at radius 3 is 2.88 bits per heavy atom. The molecule has 5 nitrogen and oxygen atoms in total. The molecule has 0 fully saturated rings. The second-order valence-corrected chi connectivity index (χ2v) is 7.27. The van der Waals surface area contributed by atoms with Crippen molar-refractivity contribution in [1.29, 1.82) is 0 Å². The van der Waals surface area contributed by atoms with Crippen LogP contribution in [0, 0.1) is 5.92 Å². The average Bonchev–Trinajstić information content (AvgIpc) is 2.91. The molecule has 1 N–H and O–H groups in total. The lowest BCUT2D eigenvalue weighted by molar-refractivity contribution is 0.231. The summed E-state index contributed by atoms with van der Waals surface area (Å²) >= 11 is 0. The zero-order valence-electron chi connectivity index (χ0n) is 15.3. The smallest absolute Gasteiger partial charge is 0.133 e. The van der Waals surface area contributed by atoms with Crippen LogP contribution in [0.25, 0.3) is 0 Å². The first-order chi connectivity index (χ1) is 12.9. The van der Waals surface area contributed by atoms with E-state index in [2.05, 4.69) is 37.3 Å². The maximum Gasteiger partial charge on any atom is 0.133 e. The van der Waals surface area contributed by atoms with Gasteiger partial charge in [-0.2, -0.15) is 0 Å². The van der Waals surface area contributed by atoms with E-state index in [9.17, 15) is 0 Å². The molecule has 1 aliphatic heterocycles. The molecule has 1 atom stereocenters. The third-order valence-corrected chi connectivity index (χ3v) is 5.43. The first-order valence-electron chi connectivity index (χ1n) is 9.72. The number of nitrogens with zero attached hydrogens (tertiary/aromatic N) is 4. The summed E-state index contributed by atoms with van der Waals surface area (Å²) in [5, 5.41) is 3.47. The van der Waals surface area contributed by atoms with Gasteiger partial charge in [0.15, 0.2) is 0 Å². The molecule has 0 spiro atoms. The number of pyridine rings is 1. The molecule has 136 valence electrons. The molecule has 2 aliphatic rings. The molecule has 2 aromatic rings. The fourth-order valence-electron chi connectivity index (χ4n) is 3.97. The molecule has 0 bridgehead atoms. The number of hydrogen-bond acceptors (Lipinski definition) is 5. The summed E-state index contributed by atoms with van der Waals surface area (Å²) in [5.41, 5.74) is 3.52. The summed E-state index contributed by atoms with van der Waals surface area (Å²) in [5.74, 6) is 1.79. The first-order valence-corrected chi connectivity index (χ1v) is 9.72. The Bertz CT molecular complexity index is 743. The molecule has 26 heavy (non-hydrogen) atoms. The Kier molecular flexibility index (Phi) is 5.55. The number of anilines is 1. The van der Waals surface area contributed by atoms with Gasteiger partial charge in [-0.3, -0.25) is 4.98 Å². The van der Waals surface area contributed by atoms with E-state index in [4.69, 9.17) is 0 Å². The molecule has 0 unspecified atom stereocenters. The number of nitrogens with one attached hydrogen (secondary N) is 1. The van der Waals surface area contributed by atoms with Crippen molar-refractivity contribution in [3.63, 3.8) is 0 Å². The highest BCUT2D eigenvalue weighted by atomic mass is 15.1. The van der Waals surface area contributed by atoms with Crippen molar-refractivity contribution < 1.29 is 0 Å². The second kappa shape index (κ2) is 8.41. The van der Waals surface area contributed by atoms with Gasteiger partial charge in [-0.15, -0.1) is 0 Å². The Morgan fingerprint density at radius 2 is 2.04 bits per heavy atom. The number of aromatic nitrogens is 3. The Hall–Kier alpha value is -2.27. The van der Waals surface area contributed by atoms with E-state index >= 15 is 0 Å². The van der Waals surface area contributed by atoms with Crippen molar-refractivity contribution in [3.05, 3.63) is 59.8 Å². The van der Waals surface area contributed by atoms with E-state index in [1.807, 2.05) is 24.4 Å². The van der Waals surface area contributed by atoms with E-state index < -0.39 is 0 Å². The molecule has 2 aromatic heterocycles. The number of fused-ring (bicyclic) bond motifs is 1. The zero-order valence-corrected chi connectivity index (χ0v) is 15.3. The van der Waals surface area contributed by atoms with Crippen LogP contribution in [0.5, 0.6) is 0 Å². The lowest BCUT2D eigenvalue weighted by Gasteiger charge is -2.26. The number of allylic oxidation sites excluding steroid dienone is 2.